The molecule has 4 aromatic rings. The number of aliphatic hydroxyl groups is 1. The number of amides is 1. The fraction of sp³-hybridized carbons (Fsp3) is 0.226. The Balaban J connectivity index is 1.57. The van der Waals surface area contributed by atoms with Gasteiger partial charge in [0, 0.05) is 41.4 Å². The van der Waals surface area contributed by atoms with Gasteiger partial charge in [-0.1, -0.05) is 60.7 Å². The van der Waals surface area contributed by atoms with E-state index in [1.807, 2.05) is 32.0 Å². The highest BCUT2D eigenvalue weighted by Crippen LogP contribution is 2.30. The molecule has 37 heavy (non-hydrogen) atoms. The lowest BCUT2D eigenvalue weighted by molar-refractivity contribution is -0.136. The van der Waals surface area contributed by atoms with Gasteiger partial charge < -0.3 is 14.6 Å². The Morgan fingerprint density at radius 2 is 1.46 bits per heavy atom. The van der Waals surface area contributed by atoms with Gasteiger partial charge in [0.2, 0.25) is 0 Å². The van der Waals surface area contributed by atoms with Crippen LogP contribution in [0.1, 0.15) is 41.9 Å². The van der Waals surface area contributed by atoms with E-state index in [0.29, 0.717) is 11.1 Å². The number of benzene rings is 3. The Morgan fingerprint density at radius 1 is 0.919 bits per heavy atom. The van der Waals surface area contributed by atoms with Gasteiger partial charge in [0.05, 0.1) is 6.21 Å². The molecule has 0 aliphatic carbocycles. The SMILES string of the molecule is CCN(CC)c1ccc(-n2c(C)cc(/C=N/NC(=O)C(O)(c3ccccc3)c3ccccc3)c2C)cc1. The van der Waals surface area contributed by atoms with Crippen LogP contribution in [-0.4, -0.2) is 34.9 Å². The summed E-state index contributed by atoms with van der Waals surface area (Å²) in [4.78, 5) is 15.6. The first-order chi connectivity index (χ1) is 17.9. The summed E-state index contributed by atoms with van der Waals surface area (Å²) in [6.07, 6.45) is 1.62. The Bertz CT molecular complexity index is 1320. The molecule has 2 N–H and O–H groups in total. The first-order valence-corrected chi connectivity index (χ1v) is 12.6. The van der Waals surface area contributed by atoms with E-state index in [9.17, 15) is 9.90 Å². The molecule has 0 aliphatic heterocycles. The lowest BCUT2D eigenvalue weighted by atomic mass is 9.85. The van der Waals surface area contributed by atoms with Crippen LogP contribution in [-0.2, 0) is 10.4 Å². The van der Waals surface area contributed by atoms with E-state index in [4.69, 9.17) is 0 Å². The lowest BCUT2D eigenvalue weighted by Gasteiger charge is -2.27. The largest absolute Gasteiger partial charge is 0.372 e. The molecule has 0 fully saturated rings. The second-order valence-corrected chi connectivity index (χ2v) is 8.99. The highest BCUT2D eigenvalue weighted by atomic mass is 16.3. The van der Waals surface area contributed by atoms with E-state index in [0.717, 1.165) is 35.7 Å². The minimum Gasteiger partial charge on any atom is -0.372 e. The molecule has 6 heteroatoms. The van der Waals surface area contributed by atoms with Crippen LogP contribution in [0, 0.1) is 13.8 Å². The molecule has 1 amide bonds. The molecule has 0 atom stereocenters. The molecule has 0 saturated carbocycles. The molecule has 4 rings (SSSR count). The van der Waals surface area contributed by atoms with E-state index in [-0.39, 0.29) is 0 Å². The van der Waals surface area contributed by atoms with Crippen LogP contribution < -0.4 is 10.3 Å². The standard InChI is InChI=1S/C31H34N4O2/c1-5-34(6-2)28-17-19-29(20-18-28)35-23(3)21-25(24(35)4)22-32-33-30(36)31(37,26-13-9-7-10-14-26)27-15-11-8-12-16-27/h7-22,37H,5-6H2,1-4H3,(H,33,36)/b32-22+. The smallest absolute Gasteiger partial charge is 0.281 e. The molecule has 0 radical (unpaired) electrons. The summed E-state index contributed by atoms with van der Waals surface area (Å²) in [5, 5.41) is 15.8. The van der Waals surface area contributed by atoms with Gasteiger partial charge in [-0.2, -0.15) is 5.10 Å². The number of nitrogens with one attached hydrogen (secondary N) is 1. The number of rotatable bonds is 9. The summed E-state index contributed by atoms with van der Waals surface area (Å²) in [7, 11) is 0. The first-order valence-electron chi connectivity index (χ1n) is 12.6. The molecule has 190 valence electrons. The van der Waals surface area contributed by atoms with Crippen molar-refractivity contribution in [1.29, 1.82) is 0 Å². The number of nitrogens with zero attached hydrogens (tertiary/aromatic N) is 3. The molecule has 0 saturated heterocycles. The first kappa shape index (κ1) is 25.9. The number of aryl methyl sites for hydroxylation is 1. The van der Waals surface area contributed by atoms with Crippen molar-refractivity contribution in [2.24, 2.45) is 5.10 Å². The van der Waals surface area contributed by atoms with Gasteiger partial charge in [0.25, 0.3) is 5.91 Å². The van der Waals surface area contributed by atoms with Crippen LogP contribution in [0.3, 0.4) is 0 Å². The summed E-state index contributed by atoms with van der Waals surface area (Å²) in [6, 6.07) is 28.4. The monoisotopic (exact) mass is 494 g/mol. The molecule has 1 aromatic heterocycles. The van der Waals surface area contributed by atoms with Crippen molar-refractivity contribution in [3.8, 4) is 5.69 Å². The summed E-state index contributed by atoms with van der Waals surface area (Å²) in [6.45, 7) is 10.3. The Kier molecular flexibility index (Phi) is 7.89. The van der Waals surface area contributed by atoms with E-state index in [1.54, 1.807) is 54.7 Å². The average Bonchev–Trinajstić information content (AvgIpc) is 3.22. The van der Waals surface area contributed by atoms with Crippen LogP contribution in [0.4, 0.5) is 5.69 Å². The normalized spacial score (nSPS) is 11.6. The molecule has 0 aliphatic rings. The van der Waals surface area contributed by atoms with Crippen LogP contribution in [0.25, 0.3) is 5.69 Å². The fourth-order valence-corrected chi connectivity index (χ4v) is 4.75. The van der Waals surface area contributed by atoms with Gasteiger partial charge in [-0.05, 0) is 69.2 Å². The second-order valence-electron chi connectivity index (χ2n) is 8.99. The molecule has 0 bridgehead atoms. The topological polar surface area (TPSA) is 69.9 Å². The molecule has 0 spiro atoms. The number of carbonyl (C=O) groups is 1. The average molecular weight is 495 g/mol. The highest BCUT2D eigenvalue weighted by Gasteiger charge is 2.39. The zero-order valence-electron chi connectivity index (χ0n) is 21.8. The summed E-state index contributed by atoms with van der Waals surface area (Å²) >= 11 is 0. The molecule has 6 nitrogen and oxygen atoms in total. The highest BCUT2D eigenvalue weighted by molar-refractivity contribution is 5.91. The van der Waals surface area contributed by atoms with E-state index in [2.05, 4.69) is 58.1 Å². The zero-order chi connectivity index (χ0) is 26.4. The third kappa shape index (κ3) is 5.20. The summed E-state index contributed by atoms with van der Waals surface area (Å²) in [5.74, 6) is -0.623. The number of anilines is 1. The fourth-order valence-electron chi connectivity index (χ4n) is 4.75. The van der Waals surface area contributed by atoms with Crippen molar-refractivity contribution in [1.82, 2.24) is 9.99 Å². The molecular weight excluding hydrogens is 460 g/mol. The Labute approximate surface area is 218 Å². The maximum Gasteiger partial charge on any atom is 0.281 e. The van der Waals surface area contributed by atoms with Crippen molar-refractivity contribution < 1.29 is 9.90 Å². The molecule has 1 heterocycles. The number of carbonyl (C=O) groups excluding carboxylic acids is 1. The maximum absolute atomic E-state index is 13.3. The van der Waals surface area contributed by atoms with Gasteiger partial charge in [-0.25, -0.2) is 5.43 Å². The number of hydrogen-bond donors (Lipinski definition) is 2. The predicted molar refractivity (Wildman–Crippen MR) is 150 cm³/mol. The minimum absolute atomic E-state index is 0.472. The van der Waals surface area contributed by atoms with Crippen molar-refractivity contribution in [3.63, 3.8) is 0 Å². The number of hydrazone groups is 1. The summed E-state index contributed by atoms with van der Waals surface area (Å²) in [5.41, 5.74) is 6.85. The quantitative estimate of drug-likeness (QED) is 0.244. The number of hydrogen-bond acceptors (Lipinski definition) is 4. The molecule has 0 unspecified atom stereocenters. The molecule has 3 aromatic carbocycles. The van der Waals surface area contributed by atoms with Crippen LogP contribution >= 0.6 is 0 Å². The Hall–Kier alpha value is -4.16. The van der Waals surface area contributed by atoms with Crippen LogP contribution in [0.15, 0.2) is 96.1 Å². The van der Waals surface area contributed by atoms with Gasteiger partial charge in [0.15, 0.2) is 5.60 Å². The predicted octanol–water partition coefficient (Wildman–Crippen LogP) is 5.33. The zero-order valence-corrected chi connectivity index (χ0v) is 21.8. The van der Waals surface area contributed by atoms with Crippen LogP contribution in [0.2, 0.25) is 0 Å². The van der Waals surface area contributed by atoms with Gasteiger partial charge in [-0.15, -0.1) is 0 Å². The van der Waals surface area contributed by atoms with Gasteiger partial charge in [0.1, 0.15) is 0 Å². The number of aromatic nitrogens is 1. The van der Waals surface area contributed by atoms with E-state index < -0.39 is 11.5 Å². The van der Waals surface area contributed by atoms with Crippen molar-refractivity contribution >= 4 is 17.8 Å². The molecular formula is C31H34N4O2. The third-order valence-corrected chi connectivity index (χ3v) is 6.79. The van der Waals surface area contributed by atoms with Gasteiger partial charge >= 0.3 is 0 Å². The van der Waals surface area contributed by atoms with E-state index >= 15 is 0 Å². The third-order valence-electron chi connectivity index (χ3n) is 6.79. The Morgan fingerprint density at radius 3 is 1.97 bits per heavy atom. The summed E-state index contributed by atoms with van der Waals surface area (Å²) < 4.78 is 2.17. The van der Waals surface area contributed by atoms with Crippen molar-refractivity contribution in [2.45, 2.75) is 33.3 Å². The van der Waals surface area contributed by atoms with Crippen molar-refractivity contribution in [3.05, 3.63) is 119 Å². The van der Waals surface area contributed by atoms with Crippen LogP contribution in [0.5, 0.6) is 0 Å². The van der Waals surface area contributed by atoms with E-state index in [1.165, 1.54) is 5.69 Å². The van der Waals surface area contributed by atoms with Gasteiger partial charge in [-0.3, -0.25) is 4.79 Å². The minimum atomic E-state index is -1.87. The second kappa shape index (κ2) is 11.3. The van der Waals surface area contributed by atoms with Crippen molar-refractivity contribution in [2.75, 3.05) is 18.0 Å². The lowest BCUT2D eigenvalue weighted by Crippen LogP contribution is -2.43. The maximum atomic E-state index is 13.3.